The van der Waals surface area contributed by atoms with Crippen LogP contribution in [0.3, 0.4) is 0 Å². The molecule has 0 saturated carbocycles. The number of aryl methyl sites for hydroxylation is 1. The molecular formula is C15H15ClFN. The molecule has 0 heterocycles. The highest BCUT2D eigenvalue weighted by Gasteiger charge is 2.08. The van der Waals surface area contributed by atoms with E-state index >= 15 is 0 Å². The minimum atomic E-state index is -0.197. The van der Waals surface area contributed by atoms with Crippen LogP contribution in [0.4, 0.5) is 4.39 Å². The van der Waals surface area contributed by atoms with Gasteiger partial charge in [-0.1, -0.05) is 29.8 Å². The second kappa shape index (κ2) is 5.09. The summed E-state index contributed by atoms with van der Waals surface area (Å²) in [6, 6.07) is 10.7. The zero-order valence-electron chi connectivity index (χ0n) is 10.4. The lowest BCUT2D eigenvalue weighted by Crippen LogP contribution is -2.05. The summed E-state index contributed by atoms with van der Waals surface area (Å²) < 4.78 is 13.2. The number of halogens is 2. The lowest BCUT2D eigenvalue weighted by atomic mass is 10.00. The Kier molecular flexibility index (Phi) is 3.69. The Morgan fingerprint density at radius 3 is 2.28 bits per heavy atom. The third-order valence-corrected chi connectivity index (χ3v) is 3.31. The Morgan fingerprint density at radius 1 is 1.11 bits per heavy atom. The molecule has 18 heavy (non-hydrogen) atoms. The quantitative estimate of drug-likeness (QED) is 0.850. The van der Waals surface area contributed by atoms with Crippen molar-refractivity contribution in [2.45, 2.75) is 19.9 Å². The molecule has 0 aromatic heterocycles. The molecule has 0 bridgehead atoms. The second-order valence-electron chi connectivity index (χ2n) is 4.49. The lowest BCUT2D eigenvalue weighted by Gasteiger charge is -2.10. The van der Waals surface area contributed by atoms with Crippen LogP contribution in [-0.2, 0) is 0 Å². The first-order valence-corrected chi connectivity index (χ1v) is 6.18. The highest BCUT2D eigenvalue weighted by Crippen LogP contribution is 2.29. The van der Waals surface area contributed by atoms with Gasteiger partial charge in [0.25, 0.3) is 0 Å². The Hall–Kier alpha value is -1.38. The number of hydrogen-bond donors (Lipinski definition) is 1. The van der Waals surface area contributed by atoms with E-state index in [2.05, 4.69) is 0 Å². The average Bonchev–Trinajstić information content (AvgIpc) is 2.32. The van der Waals surface area contributed by atoms with E-state index < -0.39 is 0 Å². The zero-order valence-corrected chi connectivity index (χ0v) is 11.1. The third kappa shape index (κ3) is 2.55. The average molecular weight is 264 g/mol. The molecule has 0 saturated heterocycles. The number of nitrogens with two attached hydrogens (primary N) is 1. The van der Waals surface area contributed by atoms with Gasteiger partial charge in [-0.05, 0) is 54.3 Å². The maximum Gasteiger partial charge on any atom is 0.126 e. The van der Waals surface area contributed by atoms with Crippen LogP contribution in [0.25, 0.3) is 11.1 Å². The predicted octanol–water partition coefficient (Wildman–Crippen LogP) is 4.47. The minimum absolute atomic E-state index is 0.0958. The predicted molar refractivity (Wildman–Crippen MR) is 74.2 cm³/mol. The van der Waals surface area contributed by atoms with Crippen molar-refractivity contribution in [3.8, 4) is 11.1 Å². The van der Waals surface area contributed by atoms with Crippen LogP contribution >= 0.6 is 11.6 Å². The maximum atomic E-state index is 13.2. The molecule has 0 fully saturated rings. The van der Waals surface area contributed by atoms with Crippen molar-refractivity contribution < 1.29 is 4.39 Å². The summed E-state index contributed by atoms with van der Waals surface area (Å²) in [6.45, 7) is 3.64. The molecule has 94 valence electrons. The van der Waals surface area contributed by atoms with Gasteiger partial charge in [0.2, 0.25) is 0 Å². The molecule has 0 spiro atoms. The van der Waals surface area contributed by atoms with Crippen LogP contribution in [0.2, 0.25) is 5.02 Å². The van der Waals surface area contributed by atoms with Crippen LogP contribution in [0.5, 0.6) is 0 Å². The Bertz CT molecular complexity index is 579. The molecule has 2 rings (SSSR count). The summed E-state index contributed by atoms with van der Waals surface area (Å²) in [5, 5.41) is 0.643. The van der Waals surface area contributed by atoms with Crippen molar-refractivity contribution >= 4 is 11.6 Å². The van der Waals surface area contributed by atoms with Gasteiger partial charge in [0.15, 0.2) is 0 Å². The molecule has 1 unspecified atom stereocenters. The van der Waals surface area contributed by atoms with E-state index in [1.165, 1.54) is 6.07 Å². The summed E-state index contributed by atoms with van der Waals surface area (Å²) in [6.07, 6.45) is 0. The molecule has 0 aliphatic rings. The Morgan fingerprint density at radius 2 is 1.72 bits per heavy atom. The number of hydrogen-bond acceptors (Lipinski definition) is 1. The van der Waals surface area contributed by atoms with Gasteiger partial charge in [0, 0.05) is 11.1 Å². The van der Waals surface area contributed by atoms with Crippen molar-refractivity contribution in [2.24, 2.45) is 5.73 Å². The van der Waals surface area contributed by atoms with E-state index in [4.69, 9.17) is 17.3 Å². The number of benzene rings is 2. The van der Waals surface area contributed by atoms with Crippen molar-refractivity contribution in [1.29, 1.82) is 0 Å². The van der Waals surface area contributed by atoms with Gasteiger partial charge in [-0.2, -0.15) is 0 Å². The Labute approximate surface area is 111 Å². The maximum absolute atomic E-state index is 13.2. The normalized spacial score (nSPS) is 12.5. The smallest absolute Gasteiger partial charge is 0.126 e. The van der Waals surface area contributed by atoms with Gasteiger partial charge in [0.05, 0.1) is 0 Å². The van der Waals surface area contributed by atoms with Crippen LogP contribution in [0.1, 0.15) is 24.1 Å². The lowest BCUT2D eigenvalue weighted by molar-refractivity contribution is 0.619. The second-order valence-corrected chi connectivity index (χ2v) is 4.90. The van der Waals surface area contributed by atoms with E-state index in [0.717, 1.165) is 16.7 Å². The van der Waals surface area contributed by atoms with Crippen molar-refractivity contribution in [3.63, 3.8) is 0 Å². The van der Waals surface area contributed by atoms with Gasteiger partial charge in [-0.3, -0.25) is 0 Å². The van der Waals surface area contributed by atoms with Crippen LogP contribution in [-0.4, -0.2) is 0 Å². The van der Waals surface area contributed by atoms with E-state index in [9.17, 15) is 4.39 Å². The topological polar surface area (TPSA) is 26.0 Å². The minimum Gasteiger partial charge on any atom is -0.324 e. The van der Waals surface area contributed by atoms with E-state index in [1.54, 1.807) is 13.0 Å². The van der Waals surface area contributed by atoms with E-state index in [-0.39, 0.29) is 11.9 Å². The van der Waals surface area contributed by atoms with Gasteiger partial charge in [0.1, 0.15) is 5.82 Å². The molecule has 2 aromatic rings. The third-order valence-electron chi connectivity index (χ3n) is 2.98. The van der Waals surface area contributed by atoms with Crippen molar-refractivity contribution in [3.05, 3.63) is 58.4 Å². The standard InChI is InChI=1S/C15H15ClFN/c1-9-7-11(4-6-15(9)17)12-3-5-13(10(2)18)14(16)8-12/h3-8,10H,18H2,1-2H3. The molecule has 0 radical (unpaired) electrons. The molecule has 0 aliphatic heterocycles. The van der Waals surface area contributed by atoms with Gasteiger partial charge in [-0.25, -0.2) is 4.39 Å². The van der Waals surface area contributed by atoms with Crippen LogP contribution < -0.4 is 5.73 Å². The monoisotopic (exact) mass is 263 g/mol. The molecule has 2 N–H and O–H groups in total. The molecule has 0 amide bonds. The first-order chi connectivity index (χ1) is 8.49. The fourth-order valence-electron chi connectivity index (χ4n) is 1.90. The first kappa shape index (κ1) is 13.1. The molecular weight excluding hydrogens is 249 g/mol. The fourth-order valence-corrected chi connectivity index (χ4v) is 2.25. The van der Waals surface area contributed by atoms with Gasteiger partial charge < -0.3 is 5.73 Å². The summed E-state index contributed by atoms with van der Waals surface area (Å²) in [5.74, 6) is -0.197. The zero-order chi connectivity index (χ0) is 13.3. The fraction of sp³-hybridized carbons (Fsp3) is 0.200. The highest BCUT2D eigenvalue weighted by atomic mass is 35.5. The van der Waals surface area contributed by atoms with Gasteiger partial charge in [-0.15, -0.1) is 0 Å². The molecule has 2 aromatic carbocycles. The summed E-state index contributed by atoms with van der Waals surface area (Å²) in [7, 11) is 0. The Balaban J connectivity index is 2.45. The summed E-state index contributed by atoms with van der Waals surface area (Å²) in [5.41, 5.74) is 9.27. The first-order valence-electron chi connectivity index (χ1n) is 5.80. The van der Waals surface area contributed by atoms with Crippen LogP contribution in [0.15, 0.2) is 36.4 Å². The van der Waals surface area contributed by atoms with E-state index in [0.29, 0.717) is 10.6 Å². The largest absolute Gasteiger partial charge is 0.324 e. The molecule has 1 atom stereocenters. The van der Waals surface area contributed by atoms with Gasteiger partial charge >= 0.3 is 0 Å². The summed E-state index contributed by atoms with van der Waals surface area (Å²) >= 11 is 6.19. The molecule has 1 nitrogen and oxygen atoms in total. The van der Waals surface area contributed by atoms with E-state index in [1.807, 2.05) is 31.2 Å². The number of rotatable bonds is 2. The molecule has 3 heteroatoms. The molecule has 0 aliphatic carbocycles. The van der Waals surface area contributed by atoms with Crippen molar-refractivity contribution in [1.82, 2.24) is 0 Å². The SMILES string of the molecule is Cc1cc(-c2ccc(C(C)N)c(Cl)c2)ccc1F. The van der Waals surface area contributed by atoms with Crippen molar-refractivity contribution in [2.75, 3.05) is 0 Å². The highest BCUT2D eigenvalue weighted by molar-refractivity contribution is 6.31. The summed E-state index contributed by atoms with van der Waals surface area (Å²) in [4.78, 5) is 0. The van der Waals surface area contributed by atoms with Crippen LogP contribution in [0, 0.1) is 12.7 Å².